The largest absolute Gasteiger partial charge is 0.338 e. The number of fused-ring (bicyclic) bond motifs is 3. The number of aromatic nitrogens is 3. The summed E-state index contributed by atoms with van der Waals surface area (Å²) in [6.07, 6.45) is 7.61. The second kappa shape index (κ2) is 8.96. The molecule has 5 rings (SSSR count). The SMILES string of the molecule is CCNC(=O)Nc1cc2c(cn1)[nH]c1ncc(-c3ccc(CN4CCCCC4)cc3)cc12. The van der Waals surface area contributed by atoms with Gasteiger partial charge >= 0.3 is 6.03 Å². The van der Waals surface area contributed by atoms with Crippen LogP contribution >= 0.6 is 0 Å². The number of pyridine rings is 2. The number of rotatable bonds is 5. The number of anilines is 1. The van der Waals surface area contributed by atoms with Gasteiger partial charge in [-0.05, 0) is 56.1 Å². The van der Waals surface area contributed by atoms with Crippen molar-refractivity contribution in [3.63, 3.8) is 0 Å². The standard InChI is InChI=1S/C25H28N6O/c1-2-26-25(32)30-23-13-20-21-12-19(14-28-24(21)29-22(20)15-27-23)18-8-6-17(7-9-18)16-31-10-4-3-5-11-31/h6-9,12-15H,2-5,10-11,16H2,1H3,(H,28,29)(H2,26,27,30,32). The lowest BCUT2D eigenvalue weighted by atomic mass is 10.0. The monoisotopic (exact) mass is 428 g/mol. The number of piperidine rings is 1. The zero-order chi connectivity index (χ0) is 21.9. The number of hydrogen-bond donors (Lipinski definition) is 3. The van der Waals surface area contributed by atoms with Crippen molar-refractivity contribution in [2.24, 2.45) is 0 Å². The van der Waals surface area contributed by atoms with Gasteiger partial charge in [0.2, 0.25) is 0 Å². The van der Waals surface area contributed by atoms with E-state index in [1.807, 2.05) is 19.2 Å². The van der Waals surface area contributed by atoms with E-state index in [-0.39, 0.29) is 6.03 Å². The van der Waals surface area contributed by atoms with Crippen molar-refractivity contribution in [3.05, 3.63) is 54.4 Å². The highest BCUT2D eigenvalue weighted by molar-refractivity contribution is 6.08. The molecule has 0 radical (unpaired) electrons. The van der Waals surface area contributed by atoms with Crippen molar-refractivity contribution in [1.29, 1.82) is 0 Å². The molecule has 1 aliphatic rings. The van der Waals surface area contributed by atoms with Crippen LogP contribution in [0.4, 0.5) is 10.6 Å². The molecule has 1 saturated heterocycles. The smallest absolute Gasteiger partial charge is 0.320 e. The summed E-state index contributed by atoms with van der Waals surface area (Å²) < 4.78 is 0. The van der Waals surface area contributed by atoms with E-state index in [1.165, 1.54) is 37.9 Å². The summed E-state index contributed by atoms with van der Waals surface area (Å²) in [6, 6.07) is 12.6. The van der Waals surface area contributed by atoms with Crippen LogP contribution in [0.1, 0.15) is 31.7 Å². The molecule has 0 unspecified atom stereocenters. The molecule has 4 aromatic rings. The maximum atomic E-state index is 11.9. The third kappa shape index (κ3) is 4.29. The Kier molecular flexibility index (Phi) is 5.73. The first-order chi connectivity index (χ1) is 15.7. The summed E-state index contributed by atoms with van der Waals surface area (Å²) in [5.74, 6) is 0.511. The van der Waals surface area contributed by atoms with Crippen molar-refractivity contribution in [2.45, 2.75) is 32.7 Å². The molecule has 4 heterocycles. The predicted octanol–water partition coefficient (Wildman–Crippen LogP) is 4.91. The van der Waals surface area contributed by atoms with Crippen LogP contribution in [0.5, 0.6) is 0 Å². The fourth-order valence-electron chi connectivity index (χ4n) is 4.40. The molecule has 7 nitrogen and oxygen atoms in total. The molecule has 164 valence electrons. The normalized spacial score (nSPS) is 14.7. The fraction of sp³-hybridized carbons (Fsp3) is 0.320. The Morgan fingerprint density at radius 3 is 2.59 bits per heavy atom. The van der Waals surface area contributed by atoms with Gasteiger partial charge in [-0.1, -0.05) is 30.7 Å². The lowest BCUT2D eigenvalue weighted by Gasteiger charge is -2.26. The summed E-state index contributed by atoms with van der Waals surface area (Å²) in [4.78, 5) is 26.7. The van der Waals surface area contributed by atoms with Crippen LogP contribution in [0.2, 0.25) is 0 Å². The molecule has 2 amide bonds. The van der Waals surface area contributed by atoms with Crippen LogP contribution in [0.15, 0.2) is 48.8 Å². The van der Waals surface area contributed by atoms with Gasteiger partial charge in [0.05, 0.1) is 11.7 Å². The highest BCUT2D eigenvalue weighted by Crippen LogP contribution is 2.29. The molecule has 1 aliphatic heterocycles. The topological polar surface area (TPSA) is 85.9 Å². The Bertz CT molecular complexity index is 1240. The van der Waals surface area contributed by atoms with Gasteiger partial charge in [-0.25, -0.2) is 14.8 Å². The van der Waals surface area contributed by atoms with Gasteiger partial charge in [0.25, 0.3) is 0 Å². The molecule has 0 atom stereocenters. The minimum atomic E-state index is -0.261. The van der Waals surface area contributed by atoms with E-state index in [1.54, 1.807) is 6.20 Å². The van der Waals surface area contributed by atoms with Crippen LogP contribution in [0.3, 0.4) is 0 Å². The first kappa shape index (κ1) is 20.5. The number of aromatic amines is 1. The van der Waals surface area contributed by atoms with E-state index in [0.29, 0.717) is 12.4 Å². The van der Waals surface area contributed by atoms with Crippen molar-refractivity contribution in [1.82, 2.24) is 25.2 Å². The summed E-state index contributed by atoms with van der Waals surface area (Å²) in [6.45, 7) is 5.87. The maximum Gasteiger partial charge on any atom is 0.320 e. The van der Waals surface area contributed by atoms with Gasteiger partial charge < -0.3 is 10.3 Å². The Morgan fingerprint density at radius 1 is 1.00 bits per heavy atom. The third-order valence-electron chi connectivity index (χ3n) is 6.06. The van der Waals surface area contributed by atoms with Crippen molar-refractivity contribution in [2.75, 3.05) is 25.0 Å². The van der Waals surface area contributed by atoms with Gasteiger partial charge in [0, 0.05) is 35.6 Å². The number of hydrogen-bond acceptors (Lipinski definition) is 4. The number of H-pyrrole nitrogens is 1. The highest BCUT2D eigenvalue weighted by atomic mass is 16.2. The lowest BCUT2D eigenvalue weighted by molar-refractivity contribution is 0.221. The van der Waals surface area contributed by atoms with Gasteiger partial charge in [-0.3, -0.25) is 10.2 Å². The number of carbonyl (C=O) groups excluding carboxylic acids is 1. The van der Waals surface area contributed by atoms with Gasteiger partial charge in [0.1, 0.15) is 11.5 Å². The number of urea groups is 1. The Balaban J connectivity index is 1.41. The van der Waals surface area contributed by atoms with Gasteiger partial charge in [0.15, 0.2) is 0 Å². The van der Waals surface area contributed by atoms with Crippen molar-refractivity contribution in [3.8, 4) is 11.1 Å². The minimum Gasteiger partial charge on any atom is -0.338 e. The lowest BCUT2D eigenvalue weighted by Crippen LogP contribution is -2.28. The van der Waals surface area contributed by atoms with Crippen LogP contribution in [-0.4, -0.2) is 45.5 Å². The first-order valence-corrected chi connectivity index (χ1v) is 11.3. The Labute approximate surface area is 187 Å². The van der Waals surface area contributed by atoms with E-state index in [2.05, 4.69) is 60.8 Å². The van der Waals surface area contributed by atoms with Gasteiger partial charge in [-0.2, -0.15) is 0 Å². The highest BCUT2D eigenvalue weighted by Gasteiger charge is 2.12. The predicted molar refractivity (Wildman–Crippen MR) is 129 cm³/mol. The average molecular weight is 429 g/mol. The van der Waals surface area contributed by atoms with E-state index in [9.17, 15) is 4.79 Å². The van der Waals surface area contributed by atoms with Crippen LogP contribution in [0, 0.1) is 0 Å². The molecular formula is C25H28N6O. The first-order valence-electron chi connectivity index (χ1n) is 11.3. The molecule has 0 spiro atoms. The molecule has 32 heavy (non-hydrogen) atoms. The van der Waals surface area contributed by atoms with Crippen LogP contribution < -0.4 is 10.6 Å². The molecule has 3 N–H and O–H groups in total. The molecule has 7 heteroatoms. The van der Waals surface area contributed by atoms with E-state index >= 15 is 0 Å². The summed E-state index contributed by atoms with van der Waals surface area (Å²) in [5.41, 5.74) is 5.26. The summed E-state index contributed by atoms with van der Waals surface area (Å²) >= 11 is 0. The summed E-state index contributed by atoms with van der Waals surface area (Å²) in [5, 5.41) is 7.49. The van der Waals surface area contributed by atoms with Crippen LogP contribution in [0.25, 0.3) is 33.1 Å². The third-order valence-corrected chi connectivity index (χ3v) is 6.06. The minimum absolute atomic E-state index is 0.261. The molecule has 0 saturated carbocycles. The van der Waals surface area contributed by atoms with E-state index < -0.39 is 0 Å². The van der Waals surface area contributed by atoms with Crippen LogP contribution in [-0.2, 0) is 6.54 Å². The maximum absolute atomic E-state index is 11.9. The number of nitrogens with zero attached hydrogens (tertiary/aromatic N) is 3. The Morgan fingerprint density at radius 2 is 1.81 bits per heavy atom. The molecule has 0 bridgehead atoms. The number of carbonyl (C=O) groups is 1. The van der Waals surface area contributed by atoms with Crippen molar-refractivity contribution < 1.29 is 4.79 Å². The quantitative estimate of drug-likeness (QED) is 0.422. The molecular weight excluding hydrogens is 400 g/mol. The number of likely N-dealkylation sites (tertiary alicyclic amines) is 1. The van der Waals surface area contributed by atoms with Crippen molar-refractivity contribution >= 4 is 33.8 Å². The summed E-state index contributed by atoms with van der Waals surface area (Å²) in [7, 11) is 0. The zero-order valence-electron chi connectivity index (χ0n) is 18.3. The van der Waals surface area contributed by atoms with E-state index in [4.69, 9.17) is 0 Å². The van der Waals surface area contributed by atoms with Gasteiger partial charge in [-0.15, -0.1) is 0 Å². The number of amides is 2. The Hall–Kier alpha value is -3.45. The second-order valence-corrected chi connectivity index (χ2v) is 8.38. The molecule has 1 aromatic carbocycles. The molecule has 1 fully saturated rings. The zero-order valence-corrected chi connectivity index (χ0v) is 18.3. The second-order valence-electron chi connectivity index (χ2n) is 8.38. The van der Waals surface area contributed by atoms with E-state index in [0.717, 1.165) is 39.6 Å². The molecule has 0 aliphatic carbocycles. The average Bonchev–Trinajstić information content (AvgIpc) is 3.18. The number of benzene rings is 1. The molecule has 3 aromatic heterocycles. The fourth-order valence-corrected chi connectivity index (χ4v) is 4.40. The number of nitrogens with one attached hydrogen (secondary N) is 3.